The van der Waals surface area contributed by atoms with Crippen LogP contribution in [0.1, 0.15) is 71.3 Å². The van der Waals surface area contributed by atoms with Gasteiger partial charge < -0.3 is 39.9 Å². The Morgan fingerprint density at radius 3 is 2.41 bits per heavy atom. The van der Waals surface area contributed by atoms with Gasteiger partial charge in [0, 0.05) is 23.4 Å². The average Bonchev–Trinajstić information content (AvgIpc) is 3.55. The summed E-state index contributed by atoms with van der Waals surface area (Å²) in [4.78, 5) is 67.4. The van der Waals surface area contributed by atoms with Crippen LogP contribution in [-0.4, -0.2) is 78.9 Å². The molecule has 0 saturated carbocycles. The predicted molar refractivity (Wildman–Crippen MR) is 161 cm³/mol. The first-order valence-electron chi connectivity index (χ1n) is 14.8. The van der Waals surface area contributed by atoms with Crippen molar-refractivity contribution in [1.82, 2.24) is 20.9 Å². The molecule has 242 valence electrons. The minimum Gasteiger partial charge on any atom is -0.496 e. The van der Waals surface area contributed by atoms with Crippen LogP contribution < -0.4 is 20.7 Å². The van der Waals surface area contributed by atoms with E-state index in [0.717, 1.165) is 5.39 Å². The van der Waals surface area contributed by atoms with E-state index in [0.29, 0.717) is 30.7 Å². The molecule has 2 heterocycles. The Labute approximate surface area is 257 Å². The second-order valence-corrected chi connectivity index (χ2v) is 12.3. The molecular weight excluding hydrogens is 572 g/mol. The lowest BCUT2D eigenvalue weighted by Crippen LogP contribution is -2.53. The van der Waals surface area contributed by atoms with Gasteiger partial charge in [-0.15, -0.1) is 0 Å². The van der Waals surface area contributed by atoms with Gasteiger partial charge in [-0.2, -0.15) is 0 Å². The van der Waals surface area contributed by atoms with Gasteiger partial charge in [-0.3, -0.25) is 19.2 Å². The first-order valence-corrected chi connectivity index (χ1v) is 14.8. The van der Waals surface area contributed by atoms with Crippen LogP contribution in [0.25, 0.3) is 10.9 Å². The smallest absolute Gasteiger partial charge is 0.496 e. The fourth-order valence-electron chi connectivity index (χ4n) is 4.81. The lowest BCUT2D eigenvalue weighted by atomic mass is 9.95. The van der Waals surface area contributed by atoms with Gasteiger partial charge in [-0.05, 0) is 71.1 Å². The molecule has 1 fully saturated rings. The highest BCUT2D eigenvalue weighted by Gasteiger charge is 2.34. The average molecular weight is 617 g/mol. The van der Waals surface area contributed by atoms with E-state index in [4.69, 9.17) is 18.9 Å². The summed E-state index contributed by atoms with van der Waals surface area (Å²) in [5, 5.41) is 8.98. The normalized spacial score (nSPS) is 17.0. The van der Waals surface area contributed by atoms with Crippen molar-refractivity contribution in [3.63, 3.8) is 0 Å². The van der Waals surface area contributed by atoms with Crippen molar-refractivity contribution in [3.8, 4) is 5.75 Å². The lowest BCUT2D eigenvalue weighted by Gasteiger charge is -2.25. The standard InChI is InChI=1S/C31H44N4O9/c1-17(2)13-23(35-29(39)24-15-20-21(33-24)9-8-10-26(20)41-7)28(38)34-22(14-19-11-12-32-27(19)37)25(36)16-42-18(3)43-30(40)44-31(4,5)6/h8-10,15,17-19,22-23,33H,11-14,16H2,1-7H3,(H,32,37)(H,34,38)(H,35,39)/t18-,19+,22+,23+/m1/s1. The van der Waals surface area contributed by atoms with E-state index >= 15 is 0 Å². The summed E-state index contributed by atoms with van der Waals surface area (Å²) in [6, 6.07) is 4.97. The highest BCUT2D eigenvalue weighted by molar-refractivity contribution is 6.02. The molecule has 0 radical (unpaired) electrons. The second kappa shape index (κ2) is 15.0. The third-order valence-electron chi connectivity index (χ3n) is 6.92. The number of hydrogen-bond donors (Lipinski definition) is 4. The molecule has 13 heteroatoms. The van der Waals surface area contributed by atoms with E-state index in [1.165, 1.54) is 14.0 Å². The number of ether oxygens (including phenoxy) is 4. The number of H-pyrrole nitrogens is 1. The van der Waals surface area contributed by atoms with Crippen LogP contribution in [0.4, 0.5) is 4.79 Å². The van der Waals surface area contributed by atoms with E-state index in [2.05, 4.69) is 20.9 Å². The number of aromatic amines is 1. The fourth-order valence-corrected chi connectivity index (χ4v) is 4.81. The highest BCUT2D eigenvalue weighted by Crippen LogP contribution is 2.26. The molecule has 0 unspecified atom stereocenters. The van der Waals surface area contributed by atoms with Crippen LogP contribution in [0.15, 0.2) is 24.3 Å². The van der Waals surface area contributed by atoms with Crippen molar-refractivity contribution in [2.45, 2.75) is 84.8 Å². The maximum absolute atomic E-state index is 13.6. The van der Waals surface area contributed by atoms with E-state index in [9.17, 15) is 24.0 Å². The van der Waals surface area contributed by atoms with Crippen molar-refractivity contribution in [2.75, 3.05) is 20.3 Å². The Kier molecular flexibility index (Phi) is 11.7. The maximum Gasteiger partial charge on any atom is 0.511 e. The zero-order valence-electron chi connectivity index (χ0n) is 26.4. The molecule has 13 nitrogen and oxygen atoms in total. The Hall–Kier alpha value is -4.13. The van der Waals surface area contributed by atoms with E-state index < -0.39 is 60.3 Å². The number of ketones is 1. The van der Waals surface area contributed by atoms with Crippen molar-refractivity contribution in [1.29, 1.82) is 0 Å². The van der Waals surface area contributed by atoms with Crippen LogP contribution in [0, 0.1) is 11.8 Å². The molecule has 1 aliphatic rings. The number of fused-ring (bicyclic) bond motifs is 1. The predicted octanol–water partition coefficient (Wildman–Crippen LogP) is 3.22. The van der Waals surface area contributed by atoms with Gasteiger partial charge in [-0.25, -0.2) is 4.79 Å². The van der Waals surface area contributed by atoms with Crippen LogP contribution in [-0.2, 0) is 28.6 Å². The Morgan fingerprint density at radius 2 is 1.80 bits per heavy atom. The summed E-state index contributed by atoms with van der Waals surface area (Å²) >= 11 is 0. The molecule has 4 N–H and O–H groups in total. The third kappa shape index (κ3) is 9.97. The van der Waals surface area contributed by atoms with Gasteiger partial charge in [0.15, 0.2) is 5.78 Å². The molecule has 0 aliphatic carbocycles. The number of nitrogens with one attached hydrogen (secondary N) is 4. The minimum absolute atomic E-state index is 0.0257. The molecule has 4 atom stereocenters. The summed E-state index contributed by atoms with van der Waals surface area (Å²) in [5.41, 5.74) is 0.172. The fraction of sp³-hybridized carbons (Fsp3) is 0.581. The summed E-state index contributed by atoms with van der Waals surface area (Å²) < 4.78 is 20.9. The first kappa shape index (κ1) is 34.4. The van der Waals surface area contributed by atoms with Gasteiger partial charge in [0.05, 0.1) is 13.2 Å². The van der Waals surface area contributed by atoms with Gasteiger partial charge in [0.1, 0.15) is 29.7 Å². The summed E-state index contributed by atoms with van der Waals surface area (Å²) in [6.07, 6.45) is -1.21. The molecule has 2 aromatic rings. The number of Topliss-reactive ketones (excluding diaryl/α,β-unsaturated/α-hetero) is 1. The zero-order valence-corrected chi connectivity index (χ0v) is 26.4. The molecule has 44 heavy (non-hydrogen) atoms. The number of hydrogen-bond acceptors (Lipinski definition) is 9. The molecule has 3 rings (SSSR count). The summed E-state index contributed by atoms with van der Waals surface area (Å²) in [7, 11) is 1.54. The molecule has 0 bridgehead atoms. The lowest BCUT2D eigenvalue weighted by molar-refractivity contribution is -0.147. The summed E-state index contributed by atoms with van der Waals surface area (Å²) in [5.74, 6) is -1.67. The molecular formula is C31H44N4O9. The highest BCUT2D eigenvalue weighted by atomic mass is 16.8. The van der Waals surface area contributed by atoms with Crippen LogP contribution in [0.3, 0.4) is 0 Å². The van der Waals surface area contributed by atoms with E-state index in [-0.39, 0.29) is 23.9 Å². The minimum atomic E-state index is -1.11. The van der Waals surface area contributed by atoms with Crippen molar-refractivity contribution >= 4 is 40.6 Å². The second-order valence-electron chi connectivity index (χ2n) is 12.3. The van der Waals surface area contributed by atoms with Gasteiger partial charge >= 0.3 is 6.16 Å². The van der Waals surface area contributed by atoms with Crippen LogP contribution >= 0.6 is 0 Å². The Bertz CT molecular complexity index is 1350. The molecule has 1 saturated heterocycles. The number of benzene rings is 1. The molecule has 0 spiro atoms. The SMILES string of the molecule is COc1cccc2[nH]c(C(=O)N[C@@H](CC(C)C)C(=O)N[C@@H](C[C@@H]3CCNC3=O)C(=O)CO[C@@H](C)OC(=O)OC(C)(C)C)cc12. The Morgan fingerprint density at radius 1 is 1.07 bits per heavy atom. The van der Waals surface area contributed by atoms with Crippen LogP contribution in [0.2, 0.25) is 0 Å². The number of rotatable bonds is 14. The molecule has 1 aliphatic heterocycles. The van der Waals surface area contributed by atoms with E-state index in [1.54, 1.807) is 39.0 Å². The van der Waals surface area contributed by atoms with Crippen LogP contribution in [0.5, 0.6) is 5.75 Å². The molecule has 1 aromatic carbocycles. The quantitative estimate of drug-likeness (QED) is 0.184. The van der Waals surface area contributed by atoms with Gasteiger partial charge in [-0.1, -0.05) is 19.9 Å². The topological polar surface area (TPSA) is 174 Å². The zero-order chi connectivity index (χ0) is 32.6. The maximum atomic E-state index is 13.6. The molecule has 3 amide bonds. The van der Waals surface area contributed by atoms with E-state index in [1.807, 2.05) is 19.9 Å². The number of amides is 3. The van der Waals surface area contributed by atoms with Gasteiger partial charge in [0.25, 0.3) is 5.91 Å². The largest absolute Gasteiger partial charge is 0.511 e. The number of carbonyl (C=O) groups is 5. The number of aromatic nitrogens is 1. The number of carbonyl (C=O) groups excluding carboxylic acids is 5. The third-order valence-corrected chi connectivity index (χ3v) is 6.92. The Balaban J connectivity index is 1.72. The number of methoxy groups -OCH3 is 1. The van der Waals surface area contributed by atoms with Crippen molar-refractivity contribution in [2.24, 2.45) is 11.8 Å². The molecule has 1 aromatic heterocycles. The monoisotopic (exact) mass is 616 g/mol. The summed E-state index contributed by atoms with van der Waals surface area (Å²) in [6.45, 7) is 10.3. The van der Waals surface area contributed by atoms with Crippen molar-refractivity contribution < 1.29 is 42.9 Å². The van der Waals surface area contributed by atoms with Crippen molar-refractivity contribution in [3.05, 3.63) is 30.0 Å². The van der Waals surface area contributed by atoms with Gasteiger partial charge in [0.2, 0.25) is 18.1 Å². The first-order chi connectivity index (χ1) is 20.7.